The number of benzene rings is 2. The van der Waals surface area contributed by atoms with Crippen molar-refractivity contribution in [2.75, 3.05) is 0 Å². The van der Waals surface area contributed by atoms with E-state index in [-0.39, 0.29) is 4.83 Å². The standard InChI is InChI=1S/C18H14BrClS/c19-18(17-10-11-4-3-7-16(11)21-17)14-8-9-15(20)13-6-2-1-5-12(13)14/h1-2,5-6,8-10,18H,3-4,7H2. The smallest absolute Gasteiger partial charge is 0.0744 e. The topological polar surface area (TPSA) is 0 Å². The predicted molar refractivity (Wildman–Crippen MR) is 96.1 cm³/mol. The van der Waals surface area contributed by atoms with Gasteiger partial charge in [-0.2, -0.15) is 0 Å². The molecule has 1 atom stereocenters. The first-order chi connectivity index (χ1) is 10.2. The fraction of sp³-hybridized carbons (Fsp3) is 0.222. The zero-order valence-corrected chi connectivity index (χ0v) is 14.6. The van der Waals surface area contributed by atoms with Crippen molar-refractivity contribution < 1.29 is 0 Å². The molecule has 0 radical (unpaired) electrons. The molecule has 0 saturated heterocycles. The predicted octanol–water partition coefficient (Wildman–Crippen LogP) is 6.53. The van der Waals surface area contributed by atoms with Gasteiger partial charge in [-0.3, -0.25) is 0 Å². The van der Waals surface area contributed by atoms with Crippen LogP contribution in [0, 0.1) is 0 Å². The van der Waals surface area contributed by atoms with Gasteiger partial charge in [0.1, 0.15) is 0 Å². The summed E-state index contributed by atoms with van der Waals surface area (Å²) in [6, 6.07) is 14.9. The second-order valence-electron chi connectivity index (χ2n) is 5.50. The van der Waals surface area contributed by atoms with E-state index in [2.05, 4.69) is 46.3 Å². The molecule has 1 aromatic heterocycles. The lowest BCUT2D eigenvalue weighted by molar-refractivity contribution is 0.913. The van der Waals surface area contributed by atoms with Crippen molar-refractivity contribution in [3.05, 3.63) is 68.4 Å². The molecule has 1 aliphatic rings. The summed E-state index contributed by atoms with van der Waals surface area (Å²) < 4.78 is 0. The molecule has 0 spiro atoms. The molecule has 0 aliphatic heterocycles. The largest absolute Gasteiger partial charge is 0.144 e. The Bertz CT molecular complexity index is 800. The van der Waals surface area contributed by atoms with Gasteiger partial charge in [-0.15, -0.1) is 11.3 Å². The molecule has 3 aromatic rings. The van der Waals surface area contributed by atoms with Crippen LogP contribution in [0.15, 0.2) is 42.5 Å². The normalized spacial score (nSPS) is 15.3. The number of alkyl halides is 1. The monoisotopic (exact) mass is 376 g/mol. The molecule has 3 heteroatoms. The van der Waals surface area contributed by atoms with Gasteiger partial charge in [-0.1, -0.05) is 57.9 Å². The first-order valence-corrected chi connectivity index (χ1v) is 9.28. The quantitative estimate of drug-likeness (QED) is 0.445. The summed E-state index contributed by atoms with van der Waals surface area (Å²) in [5.41, 5.74) is 2.85. The maximum atomic E-state index is 6.33. The van der Waals surface area contributed by atoms with E-state index in [9.17, 15) is 0 Å². The van der Waals surface area contributed by atoms with Gasteiger partial charge < -0.3 is 0 Å². The summed E-state index contributed by atoms with van der Waals surface area (Å²) in [6.45, 7) is 0. The van der Waals surface area contributed by atoms with E-state index in [4.69, 9.17) is 11.6 Å². The van der Waals surface area contributed by atoms with Crippen molar-refractivity contribution >= 4 is 49.6 Å². The number of hydrogen-bond donors (Lipinski definition) is 0. The van der Waals surface area contributed by atoms with Gasteiger partial charge >= 0.3 is 0 Å². The lowest BCUT2D eigenvalue weighted by atomic mass is 10.0. The summed E-state index contributed by atoms with van der Waals surface area (Å²) in [4.78, 5) is 3.23. The molecule has 1 unspecified atom stereocenters. The Kier molecular flexibility index (Phi) is 3.56. The number of hydrogen-bond acceptors (Lipinski definition) is 1. The van der Waals surface area contributed by atoms with Crippen LogP contribution < -0.4 is 0 Å². The van der Waals surface area contributed by atoms with Crippen LogP contribution in [-0.4, -0.2) is 0 Å². The van der Waals surface area contributed by atoms with Crippen molar-refractivity contribution in [1.82, 2.24) is 0 Å². The number of thiophene rings is 1. The first kappa shape index (κ1) is 13.8. The minimum Gasteiger partial charge on any atom is -0.144 e. The average molecular weight is 378 g/mol. The molecule has 0 fully saturated rings. The van der Waals surface area contributed by atoms with E-state index >= 15 is 0 Å². The average Bonchev–Trinajstić information content (AvgIpc) is 3.08. The maximum Gasteiger partial charge on any atom is 0.0744 e. The van der Waals surface area contributed by atoms with Crippen LogP contribution in [0.3, 0.4) is 0 Å². The van der Waals surface area contributed by atoms with Gasteiger partial charge in [0.25, 0.3) is 0 Å². The Balaban J connectivity index is 1.83. The molecule has 1 aliphatic carbocycles. The van der Waals surface area contributed by atoms with Crippen LogP contribution in [-0.2, 0) is 12.8 Å². The zero-order chi connectivity index (χ0) is 14.4. The van der Waals surface area contributed by atoms with Crippen molar-refractivity contribution in [3.63, 3.8) is 0 Å². The van der Waals surface area contributed by atoms with E-state index in [1.807, 2.05) is 23.5 Å². The second kappa shape index (κ2) is 5.42. The van der Waals surface area contributed by atoms with Crippen LogP contribution in [0.25, 0.3) is 10.8 Å². The summed E-state index contributed by atoms with van der Waals surface area (Å²) in [5.74, 6) is 0. The van der Waals surface area contributed by atoms with Gasteiger partial charge in [0.15, 0.2) is 0 Å². The lowest BCUT2D eigenvalue weighted by Gasteiger charge is -2.13. The Morgan fingerprint density at radius 1 is 1.05 bits per heavy atom. The molecule has 0 saturated carbocycles. The maximum absolute atomic E-state index is 6.33. The molecular formula is C18H14BrClS. The summed E-state index contributed by atoms with van der Waals surface area (Å²) in [7, 11) is 0. The van der Waals surface area contributed by atoms with Gasteiger partial charge in [0.2, 0.25) is 0 Å². The fourth-order valence-corrected chi connectivity index (χ4v) is 5.43. The zero-order valence-electron chi connectivity index (χ0n) is 11.4. The number of halogens is 2. The molecule has 0 N–H and O–H groups in total. The molecule has 2 aromatic carbocycles. The van der Waals surface area contributed by atoms with Crippen molar-refractivity contribution in [2.24, 2.45) is 0 Å². The minimum absolute atomic E-state index is 0.246. The Morgan fingerprint density at radius 3 is 2.67 bits per heavy atom. The minimum atomic E-state index is 0.246. The van der Waals surface area contributed by atoms with Crippen LogP contribution >= 0.6 is 38.9 Å². The molecule has 21 heavy (non-hydrogen) atoms. The molecular weight excluding hydrogens is 364 g/mol. The van der Waals surface area contributed by atoms with Gasteiger partial charge in [-0.05, 0) is 47.9 Å². The second-order valence-corrected chi connectivity index (χ2v) is 7.99. The van der Waals surface area contributed by atoms with Crippen LogP contribution in [0.1, 0.15) is 32.1 Å². The fourth-order valence-electron chi connectivity index (χ4n) is 3.14. The molecule has 0 bridgehead atoms. The van der Waals surface area contributed by atoms with Gasteiger partial charge in [0.05, 0.1) is 4.83 Å². The third kappa shape index (κ3) is 2.34. The van der Waals surface area contributed by atoms with Crippen LogP contribution in [0.4, 0.5) is 0 Å². The molecule has 1 heterocycles. The van der Waals surface area contributed by atoms with E-state index < -0.39 is 0 Å². The Labute approximate surface area is 141 Å². The highest BCUT2D eigenvalue weighted by Crippen LogP contribution is 2.42. The Hall–Kier alpha value is -0.830. The van der Waals surface area contributed by atoms with Crippen molar-refractivity contribution in [2.45, 2.75) is 24.1 Å². The van der Waals surface area contributed by atoms with Crippen LogP contribution in [0.5, 0.6) is 0 Å². The van der Waals surface area contributed by atoms with Gasteiger partial charge in [-0.25, -0.2) is 0 Å². The summed E-state index contributed by atoms with van der Waals surface area (Å²) >= 11 is 12.2. The highest BCUT2D eigenvalue weighted by atomic mass is 79.9. The summed E-state index contributed by atoms with van der Waals surface area (Å²) in [6.07, 6.45) is 3.81. The third-order valence-electron chi connectivity index (χ3n) is 4.19. The SMILES string of the molecule is Clc1ccc(C(Br)c2cc3c(s2)CCC3)c2ccccc12. The number of rotatable bonds is 2. The van der Waals surface area contributed by atoms with Crippen molar-refractivity contribution in [3.8, 4) is 0 Å². The van der Waals surface area contributed by atoms with Crippen molar-refractivity contribution in [1.29, 1.82) is 0 Å². The highest BCUT2D eigenvalue weighted by Gasteiger charge is 2.21. The first-order valence-electron chi connectivity index (χ1n) is 7.17. The van der Waals surface area contributed by atoms with Gasteiger partial charge in [0, 0.05) is 20.2 Å². The molecule has 106 valence electrons. The molecule has 0 amide bonds. The van der Waals surface area contributed by atoms with E-state index in [0.717, 1.165) is 10.4 Å². The Morgan fingerprint density at radius 2 is 1.86 bits per heavy atom. The van der Waals surface area contributed by atoms with E-state index in [0.29, 0.717) is 0 Å². The lowest BCUT2D eigenvalue weighted by Crippen LogP contribution is -1.92. The third-order valence-corrected chi connectivity index (χ3v) is 7.11. The number of aryl methyl sites for hydroxylation is 2. The molecule has 0 nitrogen and oxygen atoms in total. The van der Waals surface area contributed by atoms with E-state index in [1.165, 1.54) is 35.1 Å². The van der Waals surface area contributed by atoms with E-state index in [1.54, 1.807) is 10.4 Å². The molecule has 4 rings (SSSR count). The highest BCUT2D eigenvalue weighted by molar-refractivity contribution is 9.09. The van der Waals surface area contributed by atoms with Crippen LogP contribution in [0.2, 0.25) is 5.02 Å². The number of fused-ring (bicyclic) bond motifs is 2. The summed E-state index contributed by atoms with van der Waals surface area (Å²) in [5, 5.41) is 3.19.